The van der Waals surface area contributed by atoms with Crippen LogP contribution in [0.1, 0.15) is 67.7 Å². The predicted octanol–water partition coefficient (Wildman–Crippen LogP) is 5.50. The zero-order valence-electron chi connectivity index (χ0n) is 16.0. The summed E-state index contributed by atoms with van der Waals surface area (Å²) in [6.45, 7) is 16.2. The fourth-order valence-electron chi connectivity index (χ4n) is 4.16. The summed E-state index contributed by atoms with van der Waals surface area (Å²) in [5.41, 5.74) is 5.32. The third-order valence-corrected chi connectivity index (χ3v) is 11.6. The topological polar surface area (TPSA) is 26.3 Å². The molecule has 0 saturated carbocycles. The van der Waals surface area contributed by atoms with Gasteiger partial charge >= 0.3 is 5.97 Å². The van der Waals surface area contributed by atoms with Gasteiger partial charge in [0.05, 0.1) is 18.4 Å². The Hall–Kier alpha value is -1.01. The highest BCUT2D eigenvalue weighted by Crippen LogP contribution is 2.42. The number of hydrogen-bond acceptors (Lipinski definition) is 2. The molecule has 0 aromatic heterocycles. The summed E-state index contributed by atoms with van der Waals surface area (Å²) < 4.78 is 5.17. The summed E-state index contributed by atoms with van der Waals surface area (Å²) in [6.07, 6.45) is 6.66. The van der Waals surface area contributed by atoms with E-state index >= 15 is 0 Å². The molecule has 1 aliphatic rings. The van der Waals surface area contributed by atoms with Crippen LogP contribution in [0.4, 0.5) is 0 Å². The fraction of sp³-hybridized carbons (Fsp3) is 0.750. The first-order chi connectivity index (χ1) is 10.7. The average molecular weight is 335 g/mol. The van der Waals surface area contributed by atoms with Crippen LogP contribution in [0.25, 0.3) is 0 Å². The Bertz CT molecular complexity index is 472. The van der Waals surface area contributed by atoms with Crippen molar-refractivity contribution in [2.24, 2.45) is 5.41 Å². The van der Waals surface area contributed by atoms with Gasteiger partial charge in [0.15, 0.2) is 0 Å². The standard InChI is InChI=1S/C20H34O2Si/c1-8-22-19(21)15-20(11-9-10-12-20)13-14-23(16(2)3,17(4)5)18(6)7/h9,11,16-18H,8,10,12,15H2,1-7H3/t20-/m0/s1. The zero-order valence-corrected chi connectivity index (χ0v) is 17.0. The number of allylic oxidation sites excluding steroid dienone is 2. The Kier molecular flexibility index (Phi) is 7.14. The number of hydrogen-bond donors (Lipinski definition) is 0. The summed E-state index contributed by atoms with van der Waals surface area (Å²) in [5.74, 6) is 3.47. The van der Waals surface area contributed by atoms with Crippen LogP contribution in [0.15, 0.2) is 12.2 Å². The highest BCUT2D eigenvalue weighted by Gasteiger charge is 2.42. The van der Waals surface area contributed by atoms with Crippen molar-refractivity contribution in [3.63, 3.8) is 0 Å². The maximum atomic E-state index is 12.0. The minimum Gasteiger partial charge on any atom is -0.466 e. The van der Waals surface area contributed by atoms with Gasteiger partial charge in [-0.3, -0.25) is 4.79 Å². The average Bonchev–Trinajstić information content (AvgIpc) is 2.87. The molecule has 0 unspecified atom stereocenters. The van der Waals surface area contributed by atoms with Gasteiger partial charge in [-0.2, -0.15) is 0 Å². The van der Waals surface area contributed by atoms with Gasteiger partial charge in [-0.15, -0.1) is 5.54 Å². The molecule has 1 rings (SSSR count). The van der Waals surface area contributed by atoms with E-state index < -0.39 is 8.07 Å². The first kappa shape index (κ1) is 20.0. The minimum absolute atomic E-state index is 0.126. The molecule has 3 heteroatoms. The van der Waals surface area contributed by atoms with Crippen molar-refractivity contribution in [3.05, 3.63) is 12.2 Å². The van der Waals surface area contributed by atoms with Crippen molar-refractivity contribution < 1.29 is 9.53 Å². The molecule has 0 bridgehead atoms. The molecule has 0 aromatic carbocycles. The lowest BCUT2D eigenvalue weighted by molar-refractivity contribution is -0.144. The van der Waals surface area contributed by atoms with E-state index in [0.717, 1.165) is 12.8 Å². The van der Waals surface area contributed by atoms with Gasteiger partial charge in [0.2, 0.25) is 0 Å². The fourth-order valence-corrected chi connectivity index (χ4v) is 9.50. The first-order valence-corrected chi connectivity index (χ1v) is 11.3. The van der Waals surface area contributed by atoms with Crippen molar-refractivity contribution in [1.82, 2.24) is 0 Å². The Balaban J connectivity index is 3.19. The SMILES string of the molecule is CCOC(=O)C[C@@]1(C#C[Si](C(C)C)(C(C)C)C(C)C)C=CCC1. The second kappa shape index (κ2) is 8.19. The van der Waals surface area contributed by atoms with Crippen LogP contribution in [-0.2, 0) is 9.53 Å². The normalized spacial score (nSPS) is 21.0. The van der Waals surface area contributed by atoms with Crippen molar-refractivity contribution in [2.45, 2.75) is 84.4 Å². The molecule has 0 amide bonds. The lowest BCUT2D eigenvalue weighted by Crippen LogP contribution is -2.43. The van der Waals surface area contributed by atoms with E-state index in [9.17, 15) is 4.79 Å². The quantitative estimate of drug-likeness (QED) is 0.277. The molecule has 1 atom stereocenters. The maximum absolute atomic E-state index is 12.0. The monoisotopic (exact) mass is 334 g/mol. The summed E-state index contributed by atoms with van der Waals surface area (Å²) in [5, 5.41) is 0. The molecule has 130 valence electrons. The third kappa shape index (κ3) is 4.50. The van der Waals surface area contributed by atoms with Crippen LogP contribution >= 0.6 is 0 Å². The summed E-state index contributed by atoms with van der Waals surface area (Å²) in [6, 6.07) is 0. The molecule has 23 heavy (non-hydrogen) atoms. The van der Waals surface area contributed by atoms with Gasteiger partial charge in [-0.1, -0.05) is 59.6 Å². The molecule has 2 nitrogen and oxygen atoms in total. The predicted molar refractivity (Wildman–Crippen MR) is 101 cm³/mol. The number of carbonyl (C=O) groups excluding carboxylic acids is 1. The van der Waals surface area contributed by atoms with Gasteiger partial charge in [-0.25, -0.2) is 0 Å². The largest absolute Gasteiger partial charge is 0.466 e. The second-order valence-corrected chi connectivity index (χ2v) is 13.3. The Morgan fingerprint density at radius 3 is 2.13 bits per heavy atom. The van der Waals surface area contributed by atoms with Gasteiger partial charge in [0, 0.05) is 0 Å². The summed E-state index contributed by atoms with van der Waals surface area (Å²) in [4.78, 5) is 12.0. The van der Waals surface area contributed by atoms with E-state index in [1.54, 1.807) is 0 Å². The highest BCUT2D eigenvalue weighted by molar-refractivity contribution is 6.90. The number of carbonyl (C=O) groups is 1. The second-order valence-electron chi connectivity index (χ2n) is 7.73. The minimum atomic E-state index is -1.76. The van der Waals surface area contributed by atoms with Gasteiger partial charge in [0.25, 0.3) is 0 Å². The maximum Gasteiger partial charge on any atom is 0.307 e. The summed E-state index contributed by atoms with van der Waals surface area (Å²) in [7, 11) is -1.76. The lowest BCUT2D eigenvalue weighted by Gasteiger charge is -2.38. The van der Waals surface area contributed by atoms with Crippen LogP contribution in [0.5, 0.6) is 0 Å². The molecule has 0 saturated heterocycles. The van der Waals surface area contributed by atoms with Crippen molar-refractivity contribution in [2.75, 3.05) is 6.61 Å². The Morgan fingerprint density at radius 1 is 1.17 bits per heavy atom. The number of ether oxygens (including phenoxy) is 1. The molecule has 0 N–H and O–H groups in total. The van der Waals surface area contributed by atoms with Crippen molar-refractivity contribution in [1.29, 1.82) is 0 Å². The van der Waals surface area contributed by atoms with E-state index in [1.165, 1.54) is 0 Å². The van der Waals surface area contributed by atoms with E-state index in [2.05, 4.69) is 65.2 Å². The Labute approximate surface area is 144 Å². The van der Waals surface area contributed by atoms with E-state index in [4.69, 9.17) is 4.74 Å². The molecule has 0 spiro atoms. The van der Waals surface area contributed by atoms with Crippen LogP contribution in [0.2, 0.25) is 16.6 Å². The third-order valence-electron chi connectivity index (χ3n) is 5.35. The molecule has 0 heterocycles. The van der Waals surface area contributed by atoms with Gasteiger partial charge in [-0.05, 0) is 36.4 Å². The number of esters is 1. The van der Waals surface area contributed by atoms with Gasteiger partial charge < -0.3 is 4.74 Å². The van der Waals surface area contributed by atoms with E-state index in [-0.39, 0.29) is 11.4 Å². The molecule has 0 aliphatic heterocycles. The highest BCUT2D eigenvalue weighted by atomic mass is 28.3. The molecule has 0 aromatic rings. The van der Waals surface area contributed by atoms with E-state index in [0.29, 0.717) is 29.7 Å². The van der Waals surface area contributed by atoms with Gasteiger partial charge in [0.1, 0.15) is 8.07 Å². The first-order valence-electron chi connectivity index (χ1n) is 9.08. The zero-order chi connectivity index (χ0) is 17.7. The van der Waals surface area contributed by atoms with Crippen LogP contribution in [-0.4, -0.2) is 20.7 Å². The van der Waals surface area contributed by atoms with E-state index in [1.807, 2.05) is 6.92 Å². The van der Waals surface area contributed by atoms with Crippen molar-refractivity contribution >= 4 is 14.0 Å². The number of rotatable bonds is 6. The molecule has 0 fully saturated rings. The Morgan fingerprint density at radius 2 is 1.74 bits per heavy atom. The summed E-state index contributed by atoms with van der Waals surface area (Å²) >= 11 is 0. The molecule has 1 aliphatic carbocycles. The molecular weight excluding hydrogens is 300 g/mol. The van der Waals surface area contributed by atoms with Crippen LogP contribution in [0.3, 0.4) is 0 Å². The van der Waals surface area contributed by atoms with Crippen LogP contribution in [0, 0.1) is 16.9 Å². The van der Waals surface area contributed by atoms with Crippen molar-refractivity contribution in [3.8, 4) is 11.5 Å². The molecular formula is C20H34O2Si. The molecule has 0 radical (unpaired) electrons. The van der Waals surface area contributed by atoms with Crippen LogP contribution < -0.4 is 0 Å². The lowest BCUT2D eigenvalue weighted by atomic mass is 9.85. The smallest absolute Gasteiger partial charge is 0.307 e.